The number of hydrogen-bond acceptors (Lipinski definition) is 3. The quantitative estimate of drug-likeness (QED) is 0.719. The lowest BCUT2D eigenvalue weighted by Crippen LogP contribution is -2.38. The summed E-state index contributed by atoms with van der Waals surface area (Å²) in [6.45, 7) is 5.35. The average molecular weight is 339 g/mol. The lowest BCUT2D eigenvalue weighted by molar-refractivity contribution is -0.00561. The van der Waals surface area contributed by atoms with Crippen LogP contribution in [0.4, 0.5) is 0 Å². The van der Waals surface area contributed by atoms with E-state index < -0.39 is 0 Å². The van der Waals surface area contributed by atoms with Crippen molar-refractivity contribution in [2.75, 3.05) is 20.2 Å². The summed E-state index contributed by atoms with van der Waals surface area (Å²) in [5.74, 6) is 0.0264. The zero-order chi connectivity index (χ0) is 17.9. The van der Waals surface area contributed by atoms with Gasteiger partial charge in [0.1, 0.15) is 6.10 Å². The standard InChI is InChI=1S/C21H25NO3/c1-21(2,14-22(3)19(23)17-12-8-5-9-13-17)15-24-20-18(25-20)16-10-6-4-7-11-16/h4-13,18,20H,14-15H2,1-3H3. The molecule has 0 aliphatic carbocycles. The molecule has 25 heavy (non-hydrogen) atoms. The highest BCUT2D eigenvalue weighted by Crippen LogP contribution is 2.40. The summed E-state index contributed by atoms with van der Waals surface area (Å²) >= 11 is 0. The highest BCUT2D eigenvalue weighted by atomic mass is 16.8. The van der Waals surface area contributed by atoms with Crippen molar-refractivity contribution >= 4 is 5.91 Å². The largest absolute Gasteiger partial charge is 0.349 e. The van der Waals surface area contributed by atoms with Crippen LogP contribution in [0.25, 0.3) is 0 Å². The predicted octanol–water partition coefficient (Wildman–Crippen LogP) is 3.90. The second-order valence-electron chi connectivity index (χ2n) is 7.34. The first-order chi connectivity index (χ1) is 12.0. The Balaban J connectivity index is 1.48. The van der Waals surface area contributed by atoms with Crippen LogP contribution in [0.3, 0.4) is 0 Å². The van der Waals surface area contributed by atoms with Gasteiger partial charge in [-0.05, 0) is 17.7 Å². The van der Waals surface area contributed by atoms with Crippen molar-refractivity contribution in [1.82, 2.24) is 4.90 Å². The maximum Gasteiger partial charge on any atom is 0.253 e. The lowest BCUT2D eigenvalue weighted by Gasteiger charge is -2.30. The minimum absolute atomic E-state index is 0.0264. The molecular formula is C21H25NO3. The third kappa shape index (κ3) is 4.68. The molecule has 1 aliphatic rings. The van der Waals surface area contributed by atoms with Crippen LogP contribution in [0.5, 0.6) is 0 Å². The van der Waals surface area contributed by atoms with Gasteiger partial charge in [0.25, 0.3) is 5.91 Å². The van der Waals surface area contributed by atoms with Crippen molar-refractivity contribution in [2.24, 2.45) is 5.41 Å². The van der Waals surface area contributed by atoms with E-state index in [9.17, 15) is 4.79 Å². The van der Waals surface area contributed by atoms with Crippen molar-refractivity contribution in [3.8, 4) is 0 Å². The summed E-state index contributed by atoms with van der Waals surface area (Å²) in [6, 6.07) is 19.4. The third-order valence-electron chi connectivity index (χ3n) is 4.25. The number of amides is 1. The minimum Gasteiger partial charge on any atom is -0.349 e. The van der Waals surface area contributed by atoms with Gasteiger partial charge in [0.05, 0.1) is 6.61 Å². The molecule has 2 aromatic rings. The van der Waals surface area contributed by atoms with E-state index in [1.165, 1.54) is 0 Å². The van der Waals surface area contributed by atoms with Gasteiger partial charge in [-0.25, -0.2) is 0 Å². The molecule has 2 aromatic carbocycles. The molecule has 1 aliphatic heterocycles. The van der Waals surface area contributed by atoms with Gasteiger partial charge < -0.3 is 14.4 Å². The van der Waals surface area contributed by atoms with Gasteiger partial charge >= 0.3 is 0 Å². The molecule has 0 spiro atoms. The van der Waals surface area contributed by atoms with Gasteiger partial charge in [-0.2, -0.15) is 0 Å². The van der Waals surface area contributed by atoms with Crippen LogP contribution in [0.1, 0.15) is 35.9 Å². The monoisotopic (exact) mass is 339 g/mol. The van der Waals surface area contributed by atoms with Gasteiger partial charge in [0.15, 0.2) is 6.29 Å². The number of nitrogens with zero attached hydrogens (tertiary/aromatic N) is 1. The number of carbonyl (C=O) groups is 1. The Morgan fingerprint density at radius 3 is 2.32 bits per heavy atom. The van der Waals surface area contributed by atoms with Crippen molar-refractivity contribution < 1.29 is 14.3 Å². The topological polar surface area (TPSA) is 42.1 Å². The van der Waals surface area contributed by atoms with Crippen LogP contribution in [-0.4, -0.2) is 37.3 Å². The van der Waals surface area contributed by atoms with E-state index in [2.05, 4.69) is 13.8 Å². The summed E-state index contributed by atoms with van der Waals surface area (Å²) in [6.07, 6.45) is -0.155. The molecule has 0 radical (unpaired) electrons. The Hall–Kier alpha value is -2.17. The Kier molecular flexibility index (Phi) is 5.21. The van der Waals surface area contributed by atoms with E-state index >= 15 is 0 Å². The molecule has 0 N–H and O–H groups in total. The molecule has 0 aromatic heterocycles. The van der Waals surface area contributed by atoms with Crippen LogP contribution >= 0.6 is 0 Å². The highest BCUT2D eigenvalue weighted by molar-refractivity contribution is 5.94. The number of hydrogen-bond donors (Lipinski definition) is 0. The molecule has 1 amide bonds. The number of rotatable bonds is 7. The first-order valence-electron chi connectivity index (χ1n) is 8.59. The summed E-state index contributed by atoms with van der Waals surface area (Å²) < 4.78 is 11.5. The molecule has 3 rings (SSSR count). The van der Waals surface area contributed by atoms with Gasteiger partial charge in [0.2, 0.25) is 0 Å². The summed E-state index contributed by atoms with van der Waals surface area (Å²) in [4.78, 5) is 14.2. The molecule has 0 saturated carbocycles. The zero-order valence-electron chi connectivity index (χ0n) is 15.0. The van der Waals surface area contributed by atoms with Crippen LogP contribution in [0.2, 0.25) is 0 Å². The molecule has 132 valence electrons. The van der Waals surface area contributed by atoms with Crippen molar-refractivity contribution in [3.63, 3.8) is 0 Å². The SMILES string of the molecule is CN(CC(C)(C)COC1OC1c1ccccc1)C(=O)c1ccccc1. The van der Waals surface area contributed by atoms with Crippen LogP contribution in [-0.2, 0) is 9.47 Å². The summed E-state index contributed by atoms with van der Waals surface area (Å²) in [5.41, 5.74) is 1.69. The third-order valence-corrected chi connectivity index (χ3v) is 4.25. The van der Waals surface area contributed by atoms with E-state index in [4.69, 9.17) is 9.47 Å². The van der Waals surface area contributed by atoms with E-state index in [0.29, 0.717) is 18.7 Å². The first kappa shape index (κ1) is 17.6. The maximum absolute atomic E-state index is 12.5. The minimum atomic E-state index is -0.184. The van der Waals surface area contributed by atoms with Crippen LogP contribution in [0.15, 0.2) is 60.7 Å². The Labute approximate surface area is 149 Å². The van der Waals surface area contributed by atoms with E-state index in [-0.39, 0.29) is 23.7 Å². The van der Waals surface area contributed by atoms with Crippen molar-refractivity contribution in [3.05, 3.63) is 71.8 Å². The number of carbonyl (C=O) groups excluding carboxylic acids is 1. The molecule has 0 bridgehead atoms. The Bertz CT molecular complexity index is 700. The van der Waals surface area contributed by atoms with Crippen LogP contribution in [0, 0.1) is 5.41 Å². The van der Waals surface area contributed by atoms with Gasteiger partial charge in [-0.15, -0.1) is 0 Å². The normalized spacial score (nSPS) is 19.5. The summed E-state index contributed by atoms with van der Waals surface area (Å²) in [7, 11) is 1.83. The number of ether oxygens (including phenoxy) is 2. The molecular weight excluding hydrogens is 314 g/mol. The molecule has 4 nitrogen and oxygen atoms in total. The first-order valence-corrected chi connectivity index (χ1v) is 8.59. The Morgan fingerprint density at radius 2 is 1.68 bits per heavy atom. The van der Waals surface area contributed by atoms with E-state index in [1.54, 1.807) is 4.90 Å². The molecule has 1 saturated heterocycles. The van der Waals surface area contributed by atoms with Gasteiger partial charge in [0, 0.05) is 24.6 Å². The second-order valence-corrected chi connectivity index (χ2v) is 7.34. The molecule has 4 heteroatoms. The second kappa shape index (κ2) is 7.38. The molecule has 2 unspecified atom stereocenters. The summed E-state index contributed by atoms with van der Waals surface area (Å²) in [5, 5.41) is 0. The van der Waals surface area contributed by atoms with Gasteiger partial charge in [-0.1, -0.05) is 62.4 Å². The lowest BCUT2D eigenvalue weighted by atomic mass is 9.94. The molecule has 1 heterocycles. The number of epoxide rings is 1. The predicted molar refractivity (Wildman–Crippen MR) is 97.2 cm³/mol. The zero-order valence-corrected chi connectivity index (χ0v) is 15.0. The Morgan fingerprint density at radius 1 is 1.08 bits per heavy atom. The smallest absolute Gasteiger partial charge is 0.253 e. The number of benzene rings is 2. The van der Waals surface area contributed by atoms with Crippen LogP contribution < -0.4 is 0 Å². The van der Waals surface area contributed by atoms with E-state index in [1.807, 2.05) is 67.7 Å². The molecule has 2 atom stereocenters. The van der Waals surface area contributed by atoms with E-state index in [0.717, 1.165) is 5.56 Å². The maximum atomic E-state index is 12.5. The van der Waals surface area contributed by atoms with Crippen molar-refractivity contribution in [2.45, 2.75) is 26.2 Å². The highest BCUT2D eigenvalue weighted by Gasteiger charge is 2.42. The fourth-order valence-corrected chi connectivity index (χ4v) is 2.97. The molecule has 1 fully saturated rings. The van der Waals surface area contributed by atoms with Crippen molar-refractivity contribution in [1.29, 1.82) is 0 Å². The fourth-order valence-electron chi connectivity index (χ4n) is 2.97. The van der Waals surface area contributed by atoms with Gasteiger partial charge in [-0.3, -0.25) is 4.79 Å². The fraction of sp³-hybridized carbons (Fsp3) is 0.381. The average Bonchev–Trinajstić information content (AvgIpc) is 3.40.